The van der Waals surface area contributed by atoms with Gasteiger partial charge in [0, 0.05) is 17.8 Å². The molecule has 0 radical (unpaired) electrons. The second kappa shape index (κ2) is 9.46. The monoisotopic (exact) mass is 358 g/mol. The smallest absolute Gasteiger partial charge is 0.341 e. The van der Waals surface area contributed by atoms with Gasteiger partial charge in [0.1, 0.15) is 5.00 Å². The fourth-order valence-corrected chi connectivity index (χ4v) is 3.17. The van der Waals surface area contributed by atoms with Crippen molar-refractivity contribution in [3.05, 3.63) is 16.0 Å². The fourth-order valence-electron chi connectivity index (χ4n) is 1.85. The Hall–Kier alpha value is -1.67. The van der Waals surface area contributed by atoms with Crippen LogP contribution in [0.1, 0.15) is 40.6 Å². The Labute approximate surface area is 145 Å². The highest BCUT2D eigenvalue weighted by atomic mass is 32.1. The van der Waals surface area contributed by atoms with Gasteiger partial charge < -0.3 is 20.1 Å². The summed E-state index contributed by atoms with van der Waals surface area (Å²) in [5, 5.41) is 7.11. The molecule has 8 heteroatoms. The highest BCUT2D eigenvalue weighted by molar-refractivity contribution is 7.80. The Bertz CT molecular complexity index is 584. The lowest BCUT2D eigenvalue weighted by molar-refractivity contribution is -0.140. The number of carbonyl (C=O) groups excluding carboxylic acids is 2. The molecule has 0 fully saturated rings. The molecule has 0 spiro atoms. The van der Waals surface area contributed by atoms with Gasteiger partial charge in [-0.25, -0.2) is 4.79 Å². The average Bonchev–Trinajstić information content (AvgIpc) is 2.78. The fraction of sp³-hybridized carbons (Fsp3) is 0.533. The van der Waals surface area contributed by atoms with E-state index in [0.29, 0.717) is 41.7 Å². The van der Waals surface area contributed by atoms with Crippen molar-refractivity contribution in [2.24, 2.45) is 0 Å². The van der Waals surface area contributed by atoms with Crippen molar-refractivity contribution in [2.45, 2.75) is 33.6 Å². The predicted octanol–water partition coefficient (Wildman–Crippen LogP) is 2.78. The van der Waals surface area contributed by atoms with Gasteiger partial charge in [0.15, 0.2) is 5.11 Å². The van der Waals surface area contributed by atoms with Crippen LogP contribution in [-0.4, -0.2) is 37.3 Å². The maximum atomic E-state index is 12.1. The summed E-state index contributed by atoms with van der Waals surface area (Å²) < 4.78 is 9.66. The van der Waals surface area contributed by atoms with Gasteiger partial charge in [-0.15, -0.1) is 11.3 Å². The van der Waals surface area contributed by atoms with Crippen LogP contribution in [0.25, 0.3) is 0 Å². The third kappa shape index (κ3) is 5.80. The van der Waals surface area contributed by atoms with Crippen molar-refractivity contribution in [3.63, 3.8) is 0 Å². The molecule has 1 aromatic rings. The Balaban J connectivity index is 2.62. The number of thiophene rings is 1. The Morgan fingerprint density at radius 3 is 2.61 bits per heavy atom. The lowest BCUT2D eigenvalue weighted by Crippen LogP contribution is -2.30. The number of anilines is 1. The van der Waals surface area contributed by atoms with Crippen LogP contribution in [0.4, 0.5) is 5.00 Å². The molecule has 0 amide bonds. The third-order valence-electron chi connectivity index (χ3n) is 3.16. The van der Waals surface area contributed by atoms with Gasteiger partial charge >= 0.3 is 11.9 Å². The molecule has 1 heterocycles. The van der Waals surface area contributed by atoms with Crippen molar-refractivity contribution in [2.75, 3.05) is 25.6 Å². The van der Waals surface area contributed by atoms with Crippen molar-refractivity contribution in [3.8, 4) is 0 Å². The second-order valence-electron chi connectivity index (χ2n) is 4.77. The van der Waals surface area contributed by atoms with Crippen LogP contribution in [-0.2, 0) is 14.3 Å². The molecule has 0 atom stereocenters. The summed E-state index contributed by atoms with van der Waals surface area (Å²) in [7, 11) is 1.36. The zero-order chi connectivity index (χ0) is 17.4. The first-order valence-electron chi connectivity index (χ1n) is 7.29. The van der Waals surface area contributed by atoms with Gasteiger partial charge in [0.25, 0.3) is 0 Å². The zero-order valence-electron chi connectivity index (χ0n) is 13.8. The largest absolute Gasteiger partial charge is 0.469 e. The molecule has 0 aromatic carbocycles. The van der Waals surface area contributed by atoms with E-state index in [9.17, 15) is 9.59 Å². The third-order valence-corrected chi connectivity index (χ3v) is 4.53. The van der Waals surface area contributed by atoms with E-state index in [1.165, 1.54) is 18.4 Å². The summed E-state index contributed by atoms with van der Waals surface area (Å²) >= 11 is 6.68. The lowest BCUT2D eigenvalue weighted by atomic mass is 10.1. The number of hydrogen-bond acceptors (Lipinski definition) is 6. The Morgan fingerprint density at radius 2 is 2.00 bits per heavy atom. The van der Waals surface area contributed by atoms with Crippen LogP contribution >= 0.6 is 23.6 Å². The molecular formula is C15H22N2O4S2. The normalized spacial score (nSPS) is 10.1. The molecule has 0 aliphatic rings. The Morgan fingerprint density at radius 1 is 1.30 bits per heavy atom. The molecule has 23 heavy (non-hydrogen) atoms. The van der Waals surface area contributed by atoms with E-state index in [-0.39, 0.29) is 11.9 Å². The van der Waals surface area contributed by atoms with Gasteiger partial charge in [-0.2, -0.15) is 0 Å². The summed E-state index contributed by atoms with van der Waals surface area (Å²) in [6.07, 6.45) is 0.944. The molecular weight excluding hydrogens is 336 g/mol. The number of ether oxygens (including phenoxy) is 2. The summed E-state index contributed by atoms with van der Waals surface area (Å²) in [5.74, 6) is -0.606. The lowest BCUT2D eigenvalue weighted by Gasteiger charge is -2.10. The van der Waals surface area contributed by atoms with E-state index in [2.05, 4.69) is 15.4 Å². The molecule has 1 rings (SSSR count). The van der Waals surface area contributed by atoms with Crippen molar-refractivity contribution in [1.29, 1.82) is 0 Å². The van der Waals surface area contributed by atoms with E-state index >= 15 is 0 Å². The molecule has 128 valence electrons. The van der Waals surface area contributed by atoms with Crippen molar-refractivity contribution < 1.29 is 19.1 Å². The summed E-state index contributed by atoms with van der Waals surface area (Å²) in [4.78, 5) is 24.1. The number of aryl methyl sites for hydroxylation is 1. The zero-order valence-corrected chi connectivity index (χ0v) is 15.4. The molecule has 0 aliphatic heterocycles. The quantitative estimate of drug-likeness (QED) is 0.441. The van der Waals surface area contributed by atoms with Crippen LogP contribution in [0.15, 0.2) is 0 Å². The molecule has 0 aliphatic carbocycles. The standard InChI is InChI=1S/C15H22N2O4S2/c1-5-21-14(19)12-9(2)10(3)23-13(12)17-15(22)16-8-6-7-11(18)20-4/h5-8H2,1-4H3,(H2,16,17,22). The first-order valence-corrected chi connectivity index (χ1v) is 8.51. The van der Waals surface area contributed by atoms with Crippen molar-refractivity contribution >= 4 is 45.6 Å². The van der Waals surface area contributed by atoms with Crippen LogP contribution in [0.2, 0.25) is 0 Å². The number of esters is 2. The summed E-state index contributed by atoms with van der Waals surface area (Å²) in [6.45, 7) is 6.46. The van der Waals surface area contributed by atoms with E-state index in [4.69, 9.17) is 17.0 Å². The van der Waals surface area contributed by atoms with Crippen molar-refractivity contribution in [1.82, 2.24) is 5.32 Å². The predicted molar refractivity (Wildman–Crippen MR) is 95.2 cm³/mol. The van der Waals surface area contributed by atoms with Gasteiger partial charge in [0.05, 0.1) is 19.3 Å². The Kier molecular flexibility index (Phi) is 7.97. The minimum atomic E-state index is -0.356. The van der Waals surface area contributed by atoms with Gasteiger partial charge in [0.2, 0.25) is 0 Å². The summed E-state index contributed by atoms with van der Waals surface area (Å²) in [6, 6.07) is 0. The van der Waals surface area contributed by atoms with Gasteiger partial charge in [-0.1, -0.05) is 0 Å². The maximum Gasteiger partial charge on any atom is 0.341 e. The molecule has 2 N–H and O–H groups in total. The minimum absolute atomic E-state index is 0.250. The molecule has 1 aromatic heterocycles. The van der Waals surface area contributed by atoms with Crippen LogP contribution in [0.5, 0.6) is 0 Å². The number of methoxy groups -OCH3 is 1. The number of thiocarbonyl (C=S) groups is 1. The van der Waals surface area contributed by atoms with E-state index < -0.39 is 0 Å². The molecule has 0 unspecified atom stereocenters. The maximum absolute atomic E-state index is 12.1. The SMILES string of the molecule is CCOC(=O)c1c(NC(=S)NCCCC(=O)OC)sc(C)c1C. The van der Waals surface area contributed by atoms with E-state index in [1.54, 1.807) is 6.92 Å². The van der Waals surface area contributed by atoms with E-state index in [0.717, 1.165) is 10.4 Å². The first-order chi connectivity index (χ1) is 10.9. The number of carbonyl (C=O) groups is 2. The summed E-state index contributed by atoms with van der Waals surface area (Å²) in [5.41, 5.74) is 1.41. The minimum Gasteiger partial charge on any atom is -0.469 e. The van der Waals surface area contributed by atoms with Crippen LogP contribution in [0, 0.1) is 13.8 Å². The molecule has 0 saturated carbocycles. The highest BCUT2D eigenvalue weighted by Crippen LogP contribution is 2.32. The number of rotatable bonds is 7. The number of nitrogens with one attached hydrogen (secondary N) is 2. The molecule has 0 bridgehead atoms. The van der Waals surface area contributed by atoms with E-state index in [1.807, 2.05) is 13.8 Å². The second-order valence-corrected chi connectivity index (χ2v) is 6.40. The molecule has 0 saturated heterocycles. The van der Waals surface area contributed by atoms with Gasteiger partial charge in [-0.05, 0) is 45.0 Å². The highest BCUT2D eigenvalue weighted by Gasteiger charge is 2.21. The first kappa shape index (κ1) is 19.4. The van der Waals surface area contributed by atoms with Crippen LogP contribution in [0.3, 0.4) is 0 Å². The van der Waals surface area contributed by atoms with Crippen LogP contribution < -0.4 is 10.6 Å². The molecule has 6 nitrogen and oxygen atoms in total. The number of hydrogen-bond donors (Lipinski definition) is 2. The van der Waals surface area contributed by atoms with Gasteiger partial charge in [-0.3, -0.25) is 4.79 Å². The average molecular weight is 358 g/mol. The topological polar surface area (TPSA) is 76.7 Å².